The van der Waals surface area contributed by atoms with E-state index in [4.69, 9.17) is 5.11 Å². The summed E-state index contributed by atoms with van der Waals surface area (Å²) in [6.07, 6.45) is -4.29. The van der Waals surface area contributed by atoms with Crippen LogP contribution in [0.15, 0.2) is 0 Å². The number of halogens is 3. The molecule has 1 unspecified atom stereocenters. The van der Waals surface area contributed by atoms with Crippen LogP contribution in [0.2, 0.25) is 0 Å². The molecule has 0 aliphatic heterocycles. The standard InChI is InChI=1S/C9H14F3NO3/c1-3-5(4-2)6(7(14)15)13-8(16)9(10,11)12/h5-6H,3-4H2,1-2H3,(H,13,16)(H,14,15). The summed E-state index contributed by atoms with van der Waals surface area (Å²) in [5.41, 5.74) is 0. The number of hydrogen-bond donors (Lipinski definition) is 2. The lowest BCUT2D eigenvalue weighted by Crippen LogP contribution is -2.50. The quantitative estimate of drug-likeness (QED) is 0.767. The monoisotopic (exact) mass is 241 g/mol. The van der Waals surface area contributed by atoms with Crippen molar-refractivity contribution >= 4 is 11.9 Å². The molecule has 2 N–H and O–H groups in total. The molecule has 0 aliphatic rings. The van der Waals surface area contributed by atoms with Gasteiger partial charge >= 0.3 is 18.1 Å². The maximum atomic E-state index is 11.9. The van der Waals surface area contributed by atoms with Gasteiger partial charge in [-0.05, 0) is 5.92 Å². The summed E-state index contributed by atoms with van der Waals surface area (Å²) in [5.74, 6) is -4.18. The molecule has 1 amide bonds. The summed E-state index contributed by atoms with van der Waals surface area (Å²) in [6.45, 7) is 3.31. The molecule has 0 aromatic heterocycles. The summed E-state index contributed by atoms with van der Waals surface area (Å²) >= 11 is 0. The number of carbonyl (C=O) groups is 2. The highest BCUT2D eigenvalue weighted by Gasteiger charge is 2.42. The Morgan fingerprint density at radius 1 is 1.25 bits per heavy atom. The average Bonchev–Trinajstić information content (AvgIpc) is 2.15. The van der Waals surface area contributed by atoms with E-state index in [1.54, 1.807) is 13.8 Å². The first-order valence-corrected chi connectivity index (χ1v) is 4.84. The topological polar surface area (TPSA) is 66.4 Å². The Morgan fingerprint density at radius 2 is 1.69 bits per heavy atom. The number of amides is 1. The molecule has 0 aromatic rings. The van der Waals surface area contributed by atoms with Gasteiger partial charge in [-0.25, -0.2) is 4.79 Å². The highest BCUT2D eigenvalue weighted by molar-refractivity contribution is 5.87. The molecule has 0 aromatic carbocycles. The molecule has 0 radical (unpaired) electrons. The fourth-order valence-corrected chi connectivity index (χ4v) is 1.36. The van der Waals surface area contributed by atoms with E-state index in [2.05, 4.69) is 0 Å². The first-order chi connectivity index (χ1) is 7.23. The molecular weight excluding hydrogens is 227 g/mol. The molecule has 0 aliphatic carbocycles. The Kier molecular flexibility index (Phi) is 5.26. The Morgan fingerprint density at radius 3 is 1.94 bits per heavy atom. The van der Waals surface area contributed by atoms with Crippen LogP contribution in [-0.4, -0.2) is 29.2 Å². The zero-order valence-electron chi connectivity index (χ0n) is 8.97. The molecule has 16 heavy (non-hydrogen) atoms. The van der Waals surface area contributed by atoms with Gasteiger partial charge < -0.3 is 10.4 Å². The van der Waals surface area contributed by atoms with Gasteiger partial charge in [0.2, 0.25) is 0 Å². The minimum Gasteiger partial charge on any atom is -0.480 e. The Hall–Kier alpha value is -1.27. The maximum Gasteiger partial charge on any atom is 0.471 e. The molecule has 0 saturated carbocycles. The number of nitrogens with one attached hydrogen (secondary N) is 1. The predicted molar refractivity (Wildman–Crippen MR) is 49.7 cm³/mol. The summed E-state index contributed by atoms with van der Waals surface area (Å²) in [5, 5.41) is 10.2. The lowest BCUT2D eigenvalue weighted by atomic mass is 9.94. The van der Waals surface area contributed by atoms with Gasteiger partial charge in [0.05, 0.1) is 0 Å². The molecule has 0 fully saturated rings. The van der Waals surface area contributed by atoms with Gasteiger partial charge in [0.1, 0.15) is 6.04 Å². The maximum absolute atomic E-state index is 11.9. The van der Waals surface area contributed by atoms with Crippen molar-refractivity contribution in [1.29, 1.82) is 0 Å². The van der Waals surface area contributed by atoms with Crippen LogP contribution in [0.5, 0.6) is 0 Å². The molecule has 0 spiro atoms. The fraction of sp³-hybridized carbons (Fsp3) is 0.778. The molecule has 0 saturated heterocycles. The van der Waals surface area contributed by atoms with Gasteiger partial charge in [-0.3, -0.25) is 4.79 Å². The number of aliphatic carboxylic acids is 1. The van der Waals surface area contributed by atoms with E-state index in [1.807, 2.05) is 0 Å². The summed E-state index contributed by atoms with van der Waals surface area (Å²) in [4.78, 5) is 21.4. The second-order valence-corrected chi connectivity index (χ2v) is 3.36. The van der Waals surface area contributed by atoms with Crippen LogP contribution in [0.1, 0.15) is 26.7 Å². The first kappa shape index (κ1) is 14.7. The van der Waals surface area contributed by atoms with Gasteiger partial charge in [0, 0.05) is 0 Å². The highest BCUT2D eigenvalue weighted by atomic mass is 19.4. The summed E-state index contributed by atoms with van der Waals surface area (Å²) < 4.78 is 35.8. The molecule has 0 rings (SSSR count). The largest absolute Gasteiger partial charge is 0.480 e. The zero-order chi connectivity index (χ0) is 12.9. The van der Waals surface area contributed by atoms with Crippen LogP contribution in [0.3, 0.4) is 0 Å². The second-order valence-electron chi connectivity index (χ2n) is 3.36. The minimum atomic E-state index is -5.06. The molecule has 0 bridgehead atoms. The zero-order valence-corrected chi connectivity index (χ0v) is 8.97. The molecule has 0 heterocycles. The van der Waals surface area contributed by atoms with Crippen molar-refractivity contribution in [2.75, 3.05) is 0 Å². The van der Waals surface area contributed by atoms with Gasteiger partial charge in [-0.15, -0.1) is 0 Å². The second kappa shape index (κ2) is 5.72. The van der Waals surface area contributed by atoms with E-state index in [1.165, 1.54) is 5.32 Å². The lowest BCUT2D eigenvalue weighted by molar-refractivity contribution is -0.176. The van der Waals surface area contributed by atoms with Gasteiger partial charge in [-0.2, -0.15) is 13.2 Å². The Labute approximate surface area is 90.8 Å². The van der Waals surface area contributed by atoms with E-state index in [0.29, 0.717) is 12.8 Å². The number of rotatable bonds is 5. The highest BCUT2D eigenvalue weighted by Crippen LogP contribution is 2.18. The van der Waals surface area contributed by atoms with Crippen LogP contribution < -0.4 is 5.32 Å². The number of hydrogen-bond acceptors (Lipinski definition) is 2. The van der Waals surface area contributed by atoms with Crippen molar-refractivity contribution in [2.45, 2.75) is 38.9 Å². The van der Waals surface area contributed by atoms with E-state index in [0.717, 1.165) is 0 Å². The van der Waals surface area contributed by atoms with Crippen molar-refractivity contribution < 1.29 is 27.9 Å². The van der Waals surface area contributed by atoms with Crippen LogP contribution in [0.4, 0.5) is 13.2 Å². The fourth-order valence-electron chi connectivity index (χ4n) is 1.36. The van der Waals surface area contributed by atoms with Crippen LogP contribution in [0, 0.1) is 5.92 Å². The van der Waals surface area contributed by atoms with Gasteiger partial charge in [-0.1, -0.05) is 26.7 Å². The third-order valence-electron chi connectivity index (χ3n) is 2.33. The number of alkyl halides is 3. The predicted octanol–water partition coefficient (Wildman–Crippen LogP) is 1.55. The van der Waals surface area contributed by atoms with Crippen molar-refractivity contribution in [3.05, 3.63) is 0 Å². The minimum absolute atomic E-state index is 0.381. The molecule has 1 atom stereocenters. The number of carboxylic acid groups (broad SMARTS) is 1. The third kappa shape index (κ3) is 4.08. The van der Waals surface area contributed by atoms with E-state index >= 15 is 0 Å². The molecule has 4 nitrogen and oxygen atoms in total. The van der Waals surface area contributed by atoms with E-state index < -0.39 is 30.0 Å². The first-order valence-electron chi connectivity index (χ1n) is 4.84. The van der Waals surface area contributed by atoms with Crippen LogP contribution in [-0.2, 0) is 9.59 Å². The summed E-state index contributed by atoms with van der Waals surface area (Å²) in [6, 6.07) is -1.50. The third-order valence-corrected chi connectivity index (χ3v) is 2.33. The molecular formula is C9H14F3NO3. The molecule has 94 valence electrons. The van der Waals surface area contributed by atoms with Crippen molar-refractivity contribution in [3.63, 3.8) is 0 Å². The van der Waals surface area contributed by atoms with Crippen molar-refractivity contribution in [3.8, 4) is 0 Å². The van der Waals surface area contributed by atoms with Gasteiger partial charge in [0.15, 0.2) is 0 Å². The SMILES string of the molecule is CCC(CC)C(NC(=O)C(F)(F)F)C(=O)O. The smallest absolute Gasteiger partial charge is 0.471 e. The van der Waals surface area contributed by atoms with Crippen molar-refractivity contribution in [1.82, 2.24) is 5.32 Å². The van der Waals surface area contributed by atoms with E-state index in [9.17, 15) is 22.8 Å². The molecule has 7 heteroatoms. The number of carboxylic acids is 1. The average molecular weight is 241 g/mol. The van der Waals surface area contributed by atoms with Crippen LogP contribution in [0.25, 0.3) is 0 Å². The lowest BCUT2D eigenvalue weighted by Gasteiger charge is -2.22. The van der Waals surface area contributed by atoms with Gasteiger partial charge in [0.25, 0.3) is 0 Å². The number of carbonyl (C=O) groups excluding carboxylic acids is 1. The Balaban J connectivity index is 4.70. The van der Waals surface area contributed by atoms with Crippen LogP contribution >= 0.6 is 0 Å². The normalized spacial score (nSPS) is 13.6. The Bertz CT molecular complexity index is 261. The summed E-state index contributed by atoms with van der Waals surface area (Å²) in [7, 11) is 0. The van der Waals surface area contributed by atoms with E-state index in [-0.39, 0.29) is 0 Å². The van der Waals surface area contributed by atoms with Crippen molar-refractivity contribution in [2.24, 2.45) is 5.92 Å².